The van der Waals surface area contributed by atoms with E-state index in [9.17, 15) is 4.79 Å². The summed E-state index contributed by atoms with van der Waals surface area (Å²) in [5.74, 6) is -0.132. The minimum Gasteiger partial charge on any atom is -0.480 e. The molecular formula is C14H18Cl2O4. The summed E-state index contributed by atoms with van der Waals surface area (Å²) in [7, 11) is 0. The molecule has 0 aromatic heterocycles. The van der Waals surface area contributed by atoms with Crippen molar-refractivity contribution in [1.82, 2.24) is 0 Å². The van der Waals surface area contributed by atoms with Crippen molar-refractivity contribution in [3.8, 4) is 5.75 Å². The zero-order valence-corrected chi connectivity index (χ0v) is 13.0. The lowest BCUT2D eigenvalue weighted by atomic mass is 10.3. The Morgan fingerprint density at radius 3 is 2.75 bits per heavy atom. The highest BCUT2D eigenvalue weighted by Crippen LogP contribution is 2.27. The number of esters is 1. The van der Waals surface area contributed by atoms with Crippen LogP contribution in [0.3, 0.4) is 0 Å². The molecule has 0 saturated carbocycles. The summed E-state index contributed by atoms with van der Waals surface area (Å²) in [4.78, 5) is 11.5. The van der Waals surface area contributed by atoms with Gasteiger partial charge < -0.3 is 14.2 Å². The zero-order chi connectivity index (χ0) is 15.0. The van der Waals surface area contributed by atoms with Gasteiger partial charge in [0.15, 0.2) is 12.9 Å². The van der Waals surface area contributed by atoms with Gasteiger partial charge in [-0.15, -0.1) is 0 Å². The Bertz CT molecular complexity index is 437. The average Bonchev–Trinajstić information content (AvgIpc) is 2.38. The first-order valence-corrected chi connectivity index (χ1v) is 7.17. The number of benzene rings is 1. The molecule has 0 fully saturated rings. The van der Waals surface area contributed by atoms with Gasteiger partial charge in [0.25, 0.3) is 0 Å². The largest absolute Gasteiger partial charge is 0.480 e. The second-order valence-corrected chi connectivity index (χ2v) is 4.99. The van der Waals surface area contributed by atoms with Crippen molar-refractivity contribution >= 4 is 29.2 Å². The van der Waals surface area contributed by atoms with E-state index in [0.29, 0.717) is 22.4 Å². The highest BCUT2D eigenvalue weighted by Gasteiger charge is 2.11. The fourth-order valence-corrected chi connectivity index (χ4v) is 1.84. The molecule has 0 aliphatic heterocycles. The van der Waals surface area contributed by atoms with Crippen LogP contribution in [0.15, 0.2) is 18.2 Å². The van der Waals surface area contributed by atoms with Gasteiger partial charge in [0, 0.05) is 5.02 Å². The normalized spacial score (nSPS) is 12.0. The molecular weight excluding hydrogens is 303 g/mol. The number of unbranched alkanes of at least 4 members (excludes halogenated alkanes) is 1. The molecule has 1 aromatic rings. The monoisotopic (exact) mass is 320 g/mol. The van der Waals surface area contributed by atoms with E-state index in [1.807, 2.05) is 0 Å². The van der Waals surface area contributed by atoms with Crippen LogP contribution in [0, 0.1) is 0 Å². The van der Waals surface area contributed by atoms with Gasteiger partial charge in [-0.2, -0.15) is 0 Å². The lowest BCUT2D eigenvalue weighted by Crippen LogP contribution is -2.23. The van der Waals surface area contributed by atoms with E-state index in [1.54, 1.807) is 25.1 Å². The van der Waals surface area contributed by atoms with Crippen LogP contribution >= 0.6 is 23.2 Å². The van der Waals surface area contributed by atoms with Crippen LogP contribution in [0.2, 0.25) is 10.0 Å². The summed E-state index contributed by atoms with van der Waals surface area (Å²) in [6.07, 6.45) is 1.37. The third-order valence-corrected chi connectivity index (χ3v) is 2.92. The van der Waals surface area contributed by atoms with Gasteiger partial charge in [0.1, 0.15) is 5.75 Å². The molecule has 0 amide bonds. The van der Waals surface area contributed by atoms with Gasteiger partial charge in [-0.25, -0.2) is 4.79 Å². The van der Waals surface area contributed by atoms with E-state index >= 15 is 0 Å². The first-order chi connectivity index (χ1) is 9.52. The lowest BCUT2D eigenvalue weighted by molar-refractivity contribution is -0.177. The van der Waals surface area contributed by atoms with Crippen molar-refractivity contribution in [2.75, 3.05) is 13.2 Å². The third-order valence-electron chi connectivity index (χ3n) is 2.39. The quantitative estimate of drug-likeness (QED) is 0.411. The molecule has 4 nitrogen and oxygen atoms in total. The predicted molar refractivity (Wildman–Crippen MR) is 78.4 cm³/mol. The summed E-state index contributed by atoms with van der Waals surface area (Å²) in [5, 5.41) is 0.848. The average molecular weight is 321 g/mol. The Balaban J connectivity index is 2.32. The standard InChI is InChI=1S/C14H18Cl2O4/c1-3-4-7-18-10(2)20-14(17)9-19-13-6-5-11(15)8-12(13)16/h5-6,8,10H,3-4,7,9H2,1-2H3. The molecule has 0 radical (unpaired) electrons. The van der Waals surface area contributed by atoms with Crippen LogP contribution in [-0.4, -0.2) is 25.5 Å². The van der Waals surface area contributed by atoms with E-state index in [1.165, 1.54) is 0 Å². The Labute approximate surface area is 128 Å². The third kappa shape index (κ3) is 6.46. The number of rotatable bonds is 8. The van der Waals surface area contributed by atoms with Crippen LogP contribution in [0.4, 0.5) is 0 Å². The highest BCUT2D eigenvalue weighted by molar-refractivity contribution is 6.35. The molecule has 0 N–H and O–H groups in total. The van der Waals surface area contributed by atoms with Crippen molar-refractivity contribution in [3.63, 3.8) is 0 Å². The Morgan fingerprint density at radius 2 is 2.10 bits per heavy atom. The van der Waals surface area contributed by atoms with Crippen LogP contribution < -0.4 is 4.74 Å². The number of halogens is 2. The van der Waals surface area contributed by atoms with Crippen molar-refractivity contribution in [3.05, 3.63) is 28.2 Å². The zero-order valence-electron chi connectivity index (χ0n) is 11.5. The Kier molecular flexibility index (Phi) is 7.73. The van der Waals surface area contributed by atoms with E-state index in [0.717, 1.165) is 12.8 Å². The molecule has 0 bridgehead atoms. The van der Waals surface area contributed by atoms with Gasteiger partial charge in [-0.05, 0) is 31.5 Å². The van der Waals surface area contributed by atoms with Gasteiger partial charge >= 0.3 is 5.97 Å². The predicted octanol–water partition coefficient (Wildman–Crippen LogP) is 4.08. The van der Waals surface area contributed by atoms with Gasteiger partial charge in [-0.3, -0.25) is 0 Å². The first-order valence-electron chi connectivity index (χ1n) is 6.42. The van der Waals surface area contributed by atoms with Crippen LogP contribution in [0.1, 0.15) is 26.7 Å². The molecule has 1 atom stereocenters. The van der Waals surface area contributed by atoms with Crippen LogP contribution in [-0.2, 0) is 14.3 Å². The molecule has 112 valence electrons. The van der Waals surface area contributed by atoms with E-state index in [2.05, 4.69) is 6.92 Å². The lowest BCUT2D eigenvalue weighted by Gasteiger charge is -2.14. The van der Waals surface area contributed by atoms with Crippen LogP contribution in [0.25, 0.3) is 0 Å². The van der Waals surface area contributed by atoms with Crippen molar-refractivity contribution in [2.45, 2.75) is 33.0 Å². The molecule has 0 aliphatic rings. The summed E-state index contributed by atoms with van der Waals surface area (Å²) < 4.78 is 15.6. The number of hydrogen-bond acceptors (Lipinski definition) is 4. The van der Waals surface area contributed by atoms with Crippen molar-refractivity contribution < 1.29 is 19.0 Å². The van der Waals surface area contributed by atoms with Gasteiger partial charge in [-0.1, -0.05) is 36.5 Å². The minimum atomic E-state index is -0.585. The summed E-state index contributed by atoms with van der Waals surface area (Å²) >= 11 is 11.7. The molecule has 0 spiro atoms. The molecule has 0 aliphatic carbocycles. The number of hydrogen-bond donors (Lipinski definition) is 0. The number of carbonyl (C=O) groups is 1. The Morgan fingerprint density at radius 1 is 1.35 bits per heavy atom. The summed E-state index contributed by atoms with van der Waals surface area (Å²) in [6, 6.07) is 4.77. The van der Waals surface area contributed by atoms with Crippen molar-refractivity contribution in [1.29, 1.82) is 0 Å². The number of carbonyl (C=O) groups excluding carboxylic acids is 1. The highest BCUT2D eigenvalue weighted by atomic mass is 35.5. The molecule has 1 rings (SSSR count). The summed E-state index contributed by atoms with van der Waals surface area (Å²) in [6.45, 7) is 4.06. The molecule has 0 heterocycles. The Hall–Kier alpha value is -0.970. The van der Waals surface area contributed by atoms with E-state index < -0.39 is 12.3 Å². The molecule has 20 heavy (non-hydrogen) atoms. The minimum absolute atomic E-state index is 0.233. The molecule has 1 aromatic carbocycles. The molecule has 6 heteroatoms. The number of ether oxygens (including phenoxy) is 3. The SMILES string of the molecule is CCCCOC(C)OC(=O)COc1ccc(Cl)cc1Cl. The van der Waals surface area contributed by atoms with E-state index in [-0.39, 0.29) is 6.61 Å². The van der Waals surface area contributed by atoms with Crippen LogP contribution in [0.5, 0.6) is 5.75 Å². The smallest absolute Gasteiger partial charge is 0.346 e. The topological polar surface area (TPSA) is 44.8 Å². The van der Waals surface area contributed by atoms with E-state index in [4.69, 9.17) is 37.4 Å². The van der Waals surface area contributed by atoms with Gasteiger partial charge in [0.2, 0.25) is 0 Å². The first kappa shape index (κ1) is 17.1. The maximum atomic E-state index is 11.5. The fraction of sp³-hybridized carbons (Fsp3) is 0.500. The van der Waals surface area contributed by atoms with Crippen molar-refractivity contribution in [2.24, 2.45) is 0 Å². The molecule has 0 saturated heterocycles. The summed E-state index contributed by atoms with van der Waals surface area (Å²) in [5.41, 5.74) is 0. The molecule has 1 unspecified atom stereocenters. The van der Waals surface area contributed by atoms with Gasteiger partial charge in [0.05, 0.1) is 11.6 Å². The maximum absolute atomic E-state index is 11.5. The second kappa shape index (κ2) is 9.06. The second-order valence-electron chi connectivity index (χ2n) is 4.15. The maximum Gasteiger partial charge on any atom is 0.346 e. The fourth-order valence-electron chi connectivity index (χ4n) is 1.38.